The van der Waals surface area contributed by atoms with Crippen molar-refractivity contribution in [3.63, 3.8) is 0 Å². The van der Waals surface area contributed by atoms with Gasteiger partial charge in [0.1, 0.15) is 0 Å². The molecule has 4 bridgehead atoms. The number of nitrogens with one attached hydrogen (secondary N) is 2. The van der Waals surface area contributed by atoms with Gasteiger partial charge in [-0.25, -0.2) is 9.59 Å². The van der Waals surface area contributed by atoms with Crippen LogP contribution in [0.5, 0.6) is 0 Å². The van der Waals surface area contributed by atoms with Gasteiger partial charge in [0.05, 0.1) is 23.6 Å². The highest BCUT2D eigenvalue weighted by Crippen LogP contribution is 2.60. The zero-order valence-electron chi connectivity index (χ0n) is 21.1. The number of allylic oxidation sites excluding steroid dienone is 1. The van der Waals surface area contributed by atoms with Crippen molar-refractivity contribution in [2.24, 2.45) is 23.2 Å². The van der Waals surface area contributed by atoms with Gasteiger partial charge in [-0.1, -0.05) is 19.1 Å². The minimum Gasteiger partial charge on any atom is -0.463 e. The lowest BCUT2D eigenvalue weighted by Crippen LogP contribution is -2.51. The van der Waals surface area contributed by atoms with Crippen LogP contribution in [0, 0.1) is 23.2 Å². The molecule has 188 valence electrons. The molecule has 7 heteroatoms. The predicted octanol–water partition coefficient (Wildman–Crippen LogP) is 5.15. The van der Waals surface area contributed by atoms with E-state index in [-0.39, 0.29) is 24.0 Å². The van der Waals surface area contributed by atoms with Crippen LogP contribution in [0.2, 0.25) is 0 Å². The molecule has 0 saturated heterocycles. The van der Waals surface area contributed by atoms with Crippen LogP contribution >= 0.6 is 0 Å². The van der Waals surface area contributed by atoms with Gasteiger partial charge in [0.25, 0.3) is 0 Å². The number of carbonyl (C=O) groups is 3. The summed E-state index contributed by atoms with van der Waals surface area (Å²) in [6.45, 7) is 6.36. The Hall–Kier alpha value is -2.83. The SMILES string of the molecule is CCCN1C(=O)NC(c2ccc(NC(=O)C34CC5CC(CC(C5)C3)C4)cc2)C(C(=O)OCC)=C1C. The van der Waals surface area contributed by atoms with Gasteiger partial charge in [-0.05, 0) is 94.2 Å². The molecule has 5 aliphatic rings. The van der Waals surface area contributed by atoms with Gasteiger partial charge in [0, 0.05) is 17.9 Å². The minimum atomic E-state index is -0.595. The molecule has 0 aromatic heterocycles. The van der Waals surface area contributed by atoms with E-state index in [9.17, 15) is 14.4 Å². The fourth-order valence-corrected chi connectivity index (χ4v) is 7.41. The molecule has 3 amide bonds. The second-order valence-corrected chi connectivity index (χ2v) is 11.0. The molecule has 1 heterocycles. The molecular weight excluding hydrogens is 442 g/mol. The first-order chi connectivity index (χ1) is 16.8. The molecule has 1 aromatic carbocycles. The molecule has 1 unspecified atom stereocenters. The van der Waals surface area contributed by atoms with Crippen LogP contribution in [-0.2, 0) is 14.3 Å². The lowest BCUT2D eigenvalue weighted by Gasteiger charge is -2.55. The summed E-state index contributed by atoms with van der Waals surface area (Å²) in [5.74, 6) is 1.89. The van der Waals surface area contributed by atoms with Crippen molar-refractivity contribution in [3.05, 3.63) is 41.1 Å². The Kier molecular flexibility index (Phi) is 6.36. The molecule has 7 nitrogen and oxygen atoms in total. The molecule has 1 aliphatic heterocycles. The van der Waals surface area contributed by atoms with Gasteiger partial charge < -0.3 is 15.4 Å². The van der Waals surface area contributed by atoms with Crippen molar-refractivity contribution in [2.75, 3.05) is 18.5 Å². The Labute approximate surface area is 207 Å². The lowest BCUT2D eigenvalue weighted by molar-refractivity contribution is -0.140. The summed E-state index contributed by atoms with van der Waals surface area (Å²) in [5.41, 5.74) is 2.40. The normalized spacial score (nSPS) is 31.4. The number of urea groups is 1. The Morgan fingerprint density at radius 3 is 2.20 bits per heavy atom. The predicted molar refractivity (Wildman–Crippen MR) is 133 cm³/mol. The second-order valence-electron chi connectivity index (χ2n) is 11.0. The van der Waals surface area contributed by atoms with Gasteiger partial charge in [-0.2, -0.15) is 0 Å². The maximum absolute atomic E-state index is 13.4. The number of amides is 3. The highest BCUT2D eigenvalue weighted by molar-refractivity contribution is 5.96. The average molecular weight is 480 g/mol. The average Bonchev–Trinajstić information content (AvgIpc) is 2.81. The van der Waals surface area contributed by atoms with Crippen LogP contribution in [0.1, 0.15) is 77.3 Å². The van der Waals surface area contributed by atoms with E-state index >= 15 is 0 Å². The maximum Gasteiger partial charge on any atom is 0.338 e. The third kappa shape index (κ3) is 4.34. The van der Waals surface area contributed by atoms with Gasteiger partial charge in [0.2, 0.25) is 5.91 Å². The summed E-state index contributed by atoms with van der Waals surface area (Å²) in [4.78, 5) is 40.7. The summed E-state index contributed by atoms with van der Waals surface area (Å²) in [5, 5.41) is 6.16. The van der Waals surface area contributed by atoms with Crippen LogP contribution in [0.4, 0.5) is 10.5 Å². The monoisotopic (exact) mass is 479 g/mol. The molecule has 0 spiro atoms. The van der Waals surface area contributed by atoms with E-state index in [0.717, 1.165) is 36.9 Å². The van der Waals surface area contributed by atoms with E-state index in [2.05, 4.69) is 10.6 Å². The Bertz CT molecular complexity index is 1010. The van der Waals surface area contributed by atoms with Crippen LogP contribution in [-0.4, -0.2) is 36.0 Å². The molecule has 4 saturated carbocycles. The number of ether oxygens (including phenoxy) is 1. The number of carbonyl (C=O) groups excluding carboxylic acids is 3. The fraction of sp³-hybridized carbons (Fsp3) is 0.607. The summed E-state index contributed by atoms with van der Waals surface area (Å²) in [6.07, 6.45) is 7.78. The standard InChI is InChI=1S/C28H37N3O4/c1-4-10-31-17(3)23(25(32)35-5-2)24(30-27(31)34)21-6-8-22(9-7-21)29-26(33)28-14-18-11-19(15-28)13-20(12-18)16-28/h6-9,18-20,24H,4-5,10-16H2,1-3H3,(H,29,33)(H,30,34). The van der Waals surface area contributed by atoms with Crippen molar-refractivity contribution in [2.45, 2.75) is 71.8 Å². The van der Waals surface area contributed by atoms with Crippen molar-refractivity contribution in [1.29, 1.82) is 0 Å². The molecule has 4 aliphatic carbocycles. The molecule has 0 radical (unpaired) electrons. The smallest absolute Gasteiger partial charge is 0.338 e. The van der Waals surface area contributed by atoms with Gasteiger partial charge >= 0.3 is 12.0 Å². The van der Waals surface area contributed by atoms with Gasteiger partial charge in [0.15, 0.2) is 0 Å². The molecule has 2 N–H and O–H groups in total. The maximum atomic E-state index is 13.4. The van der Waals surface area contributed by atoms with Crippen molar-refractivity contribution < 1.29 is 19.1 Å². The number of hydrogen-bond donors (Lipinski definition) is 2. The van der Waals surface area contributed by atoms with Crippen LogP contribution in [0.15, 0.2) is 35.5 Å². The first-order valence-corrected chi connectivity index (χ1v) is 13.2. The van der Waals surface area contributed by atoms with E-state index in [4.69, 9.17) is 4.74 Å². The van der Waals surface area contributed by atoms with Crippen molar-refractivity contribution in [1.82, 2.24) is 10.2 Å². The van der Waals surface area contributed by atoms with E-state index in [0.29, 0.717) is 35.6 Å². The first kappa shape index (κ1) is 23.9. The Balaban J connectivity index is 1.35. The molecule has 1 aromatic rings. The second kappa shape index (κ2) is 9.32. The highest BCUT2D eigenvalue weighted by atomic mass is 16.5. The topological polar surface area (TPSA) is 87.7 Å². The molecule has 6 rings (SSSR count). The first-order valence-electron chi connectivity index (χ1n) is 13.2. The third-order valence-electron chi connectivity index (χ3n) is 8.56. The van der Waals surface area contributed by atoms with Crippen molar-refractivity contribution in [3.8, 4) is 0 Å². The van der Waals surface area contributed by atoms with E-state index in [1.807, 2.05) is 31.2 Å². The Morgan fingerprint density at radius 2 is 1.66 bits per heavy atom. The Morgan fingerprint density at radius 1 is 1.06 bits per heavy atom. The zero-order chi connectivity index (χ0) is 24.7. The lowest BCUT2D eigenvalue weighted by atomic mass is 9.49. The zero-order valence-corrected chi connectivity index (χ0v) is 21.1. The number of rotatable bonds is 7. The van der Waals surface area contributed by atoms with E-state index < -0.39 is 12.0 Å². The van der Waals surface area contributed by atoms with E-state index in [1.165, 1.54) is 19.3 Å². The molecule has 35 heavy (non-hydrogen) atoms. The molecule has 4 fully saturated rings. The summed E-state index contributed by atoms with van der Waals surface area (Å²) in [6, 6.07) is 6.68. The third-order valence-corrected chi connectivity index (χ3v) is 8.56. The van der Waals surface area contributed by atoms with Crippen LogP contribution in [0.25, 0.3) is 0 Å². The fourth-order valence-electron chi connectivity index (χ4n) is 7.41. The summed E-state index contributed by atoms with van der Waals surface area (Å²) < 4.78 is 5.33. The number of anilines is 1. The minimum absolute atomic E-state index is 0.161. The number of nitrogens with zero attached hydrogens (tertiary/aromatic N) is 1. The quantitative estimate of drug-likeness (QED) is 0.529. The van der Waals surface area contributed by atoms with Gasteiger partial charge in [-0.3, -0.25) is 9.69 Å². The molecular formula is C28H37N3O4. The largest absolute Gasteiger partial charge is 0.463 e. The number of benzene rings is 1. The summed E-state index contributed by atoms with van der Waals surface area (Å²) in [7, 11) is 0. The van der Waals surface area contributed by atoms with Crippen LogP contribution in [0.3, 0.4) is 0 Å². The highest BCUT2D eigenvalue weighted by Gasteiger charge is 2.54. The van der Waals surface area contributed by atoms with E-state index in [1.54, 1.807) is 18.7 Å². The molecule has 1 atom stereocenters. The number of hydrogen-bond acceptors (Lipinski definition) is 4. The number of esters is 1. The van der Waals surface area contributed by atoms with Crippen molar-refractivity contribution >= 4 is 23.6 Å². The van der Waals surface area contributed by atoms with Gasteiger partial charge in [-0.15, -0.1) is 0 Å². The van der Waals surface area contributed by atoms with Crippen LogP contribution < -0.4 is 10.6 Å². The summed E-state index contributed by atoms with van der Waals surface area (Å²) >= 11 is 0.